The van der Waals surface area contributed by atoms with E-state index in [1.165, 1.54) is 18.4 Å². The standard InChI is InChI=1S/C15H22N2O/c1-16-15(18)11-13(12-7-3-2-4-8-12)14-9-5-6-10-17-14/h2-4,7-8,13-14,17H,5-6,9-11H2,1H3,(H,16,18)/t13-,14-/m0/s1. The predicted molar refractivity (Wildman–Crippen MR) is 73.5 cm³/mol. The third kappa shape index (κ3) is 3.33. The molecule has 1 fully saturated rings. The molecule has 1 amide bonds. The molecule has 3 heteroatoms. The highest BCUT2D eigenvalue weighted by atomic mass is 16.1. The summed E-state index contributed by atoms with van der Waals surface area (Å²) < 4.78 is 0. The first kappa shape index (κ1) is 13.1. The summed E-state index contributed by atoms with van der Waals surface area (Å²) in [6, 6.07) is 10.8. The van der Waals surface area contributed by atoms with Gasteiger partial charge in [-0.25, -0.2) is 0 Å². The van der Waals surface area contributed by atoms with Gasteiger partial charge in [0.1, 0.15) is 0 Å². The molecule has 98 valence electrons. The maximum absolute atomic E-state index is 11.7. The fourth-order valence-corrected chi connectivity index (χ4v) is 2.72. The maximum Gasteiger partial charge on any atom is 0.220 e. The number of carbonyl (C=O) groups is 1. The Morgan fingerprint density at radius 3 is 2.78 bits per heavy atom. The molecule has 0 radical (unpaired) electrons. The van der Waals surface area contributed by atoms with Crippen LogP contribution in [0.25, 0.3) is 0 Å². The van der Waals surface area contributed by atoms with Crippen LogP contribution in [0.5, 0.6) is 0 Å². The number of rotatable bonds is 4. The normalized spacial score (nSPS) is 21.3. The minimum atomic E-state index is 0.122. The van der Waals surface area contributed by atoms with Crippen LogP contribution < -0.4 is 10.6 Å². The summed E-state index contributed by atoms with van der Waals surface area (Å²) in [4.78, 5) is 11.7. The molecule has 2 N–H and O–H groups in total. The molecule has 2 rings (SSSR count). The molecule has 0 saturated carbocycles. The summed E-state index contributed by atoms with van der Waals surface area (Å²) in [5, 5.41) is 6.30. The Bertz CT molecular complexity index is 371. The van der Waals surface area contributed by atoms with Crippen molar-refractivity contribution in [3.63, 3.8) is 0 Å². The largest absolute Gasteiger partial charge is 0.359 e. The first-order valence-electron chi connectivity index (χ1n) is 6.80. The molecular weight excluding hydrogens is 224 g/mol. The monoisotopic (exact) mass is 246 g/mol. The van der Waals surface area contributed by atoms with E-state index in [0.29, 0.717) is 12.5 Å². The zero-order valence-electron chi connectivity index (χ0n) is 11.0. The number of amides is 1. The highest BCUT2D eigenvalue weighted by molar-refractivity contribution is 5.76. The number of carbonyl (C=O) groups excluding carboxylic acids is 1. The van der Waals surface area contributed by atoms with Crippen molar-refractivity contribution in [1.82, 2.24) is 10.6 Å². The number of hydrogen-bond acceptors (Lipinski definition) is 2. The topological polar surface area (TPSA) is 41.1 Å². The van der Waals surface area contributed by atoms with Gasteiger partial charge in [0.25, 0.3) is 0 Å². The molecule has 1 aromatic carbocycles. The summed E-state index contributed by atoms with van der Waals surface area (Å²) in [5.41, 5.74) is 1.26. The fourth-order valence-electron chi connectivity index (χ4n) is 2.72. The Kier molecular flexibility index (Phi) is 4.76. The minimum Gasteiger partial charge on any atom is -0.359 e. The van der Waals surface area contributed by atoms with Crippen LogP contribution in [-0.4, -0.2) is 25.5 Å². The molecule has 2 atom stereocenters. The van der Waals surface area contributed by atoms with E-state index < -0.39 is 0 Å². The van der Waals surface area contributed by atoms with Gasteiger partial charge in [0.2, 0.25) is 5.91 Å². The Balaban J connectivity index is 2.14. The second kappa shape index (κ2) is 6.55. The molecule has 0 aliphatic carbocycles. The molecule has 0 aromatic heterocycles. The van der Waals surface area contributed by atoms with E-state index in [0.717, 1.165) is 13.0 Å². The average molecular weight is 246 g/mol. The van der Waals surface area contributed by atoms with E-state index in [1.807, 2.05) is 6.07 Å². The molecule has 1 aliphatic rings. The SMILES string of the molecule is CNC(=O)C[C@@H](c1ccccc1)[C@@H]1CCCCN1. The first-order chi connectivity index (χ1) is 8.81. The summed E-state index contributed by atoms with van der Waals surface area (Å²) in [5.74, 6) is 0.405. The van der Waals surface area contributed by atoms with Crippen LogP contribution in [0.3, 0.4) is 0 Å². The van der Waals surface area contributed by atoms with Gasteiger partial charge in [-0.2, -0.15) is 0 Å². The number of nitrogens with one attached hydrogen (secondary N) is 2. The molecule has 0 spiro atoms. The molecule has 1 aromatic rings. The van der Waals surface area contributed by atoms with Gasteiger partial charge in [-0.05, 0) is 24.9 Å². The summed E-state index contributed by atoms with van der Waals surface area (Å²) >= 11 is 0. The Hall–Kier alpha value is -1.35. The molecule has 18 heavy (non-hydrogen) atoms. The van der Waals surface area contributed by atoms with Crippen molar-refractivity contribution in [3.05, 3.63) is 35.9 Å². The van der Waals surface area contributed by atoms with Gasteiger partial charge in [-0.15, -0.1) is 0 Å². The molecule has 0 bridgehead atoms. The van der Waals surface area contributed by atoms with Crippen LogP contribution in [0.15, 0.2) is 30.3 Å². The summed E-state index contributed by atoms with van der Waals surface area (Å²) in [7, 11) is 1.71. The molecule has 1 heterocycles. The van der Waals surface area contributed by atoms with Crippen molar-refractivity contribution >= 4 is 5.91 Å². The lowest BCUT2D eigenvalue weighted by molar-refractivity contribution is -0.121. The summed E-state index contributed by atoms with van der Waals surface area (Å²) in [6.45, 7) is 1.07. The number of benzene rings is 1. The second-order valence-electron chi connectivity index (χ2n) is 4.95. The highest BCUT2D eigenvalue weighted by Crippen LogP contribution is 2.28. The van der Waals surface area contributed by atoms with Crippen LogP contribution in [0, 0.1) is 0 Å². The van der Waals surface area contributed by atoms with Crippen LogP contribution in [0.4, 0.5) is 0 Å². The van der Waals surface area contributed by atoms with E-state index in [2.05, 4.69) is 34.9 Å². The van der Waals surface area contributed by atoms with Crippen LogP contribution >= 0.6 is 0 Å². The second-order valence-corrected chi connectivity index (χ2v) is 4.95. The Morgan fingerprint density at radius 2 is 2.17 bits per heavy atom. The van der Waals surface area contributed by atoms with E-state index in [9.17, 15) is 4.79 Å². The van der Waals surface area contributed by atoms with Gasteiger partial charge in [0, 0.05) is 25.4 Å². The van der Waals surface area contributed by atoms with Crippen LogP contribution in [0.1, 0.15) is 37.2 Å². The quantitative estimate of drug-likeness (QED) is 0.853. The Morgan fingerprint density at radius 1 is 1.39 bits per heavy atom. The third-order valence-corrected chi connectivity index (χ3v) is 3.75. The maximum atomic E-state index is 11.7. The van der Waals surface area contributed by atoms with E-state index in [1.54, 1.807) is 7.05 Å². The lowest BCUT2D eigenvalue weighted by Gasteiger charge is -2.31. The van der Waals surface area contributed by atoms with Gasteiger partial charge >= 0.3 is 0 Å². The van der Waals surface area contributed by atoms with E-state index in [-0.39, 0.29) is 11.8 Å². The van der Waals surface area contributed by atoms with Crippen molar-refractivity contribution in [2.24, 2.45) is 0 Å². The van der Waals surface area contributed by atoms with Crippen molar-refractivity contribution < 1.29 is 4.79 Å². The Labute approximate surface area is 109 Å². The van der Waals surface area contributed by atoms with Crippen LogP contribution in [-0.2, 0) is 4.79 Å². The van der Waals surface area contributed by atoms with E-state index in [4.69, 9.17) is 0 Å². The lowest BCUT2D eigenvalue weighted by atomic mass is 9.84. The number of piperidine rings is 1. The first-order valence-corrected chi connectivity index (χ1v) is 6.80. The van der Waals surface area contributed by atoms with Gasteiger partial charge in [0.05, 0.1) is 0 Å². The van der Waals surface area contributed by atoms with Crippen molar-refractivity contribution in [3.8, 4) is 0 Å². The van der Waals surface area contributed by atoms with Gasteiger partial charge in [-0.1, -0.05) is 36.8 Å². The summed E-state index contributed by atoms with van der Waals surface area (Å²) in [6.07, 6.45) is 4.24. The molecule has 0 unspecified atom stereocenters. The fraction of sp³-hybridized carbons (Fsp3) is 0.533. The zero-order chi connectivity index (χ0) is 12.8. The zero-order valence-corrected chi connectivity index (χ0v) is 11.0. The van der Waals surface area contributed by atoms with Crippen molar-refractivity contribution in [2.75, 3.05) is 13.6 Å². The molecule has 1 saturated heterocycles. The predicted octanol–water partition coefficient (Wildman–Crippen LogP) is 2.05. The smallest absolute Gasteiger partial charge is 0.220 e. The van der Waals surface area contributed by atoms with Gasteiger partial charge in [0.15, 0.2) is 0 Å². The average Bonchev–Trinajstić information content (AvgIpc) is 2.46. The third-order valence-electron chi connectivity index (χ3n) is 3.75. The highest BCUT2D eigenvalue weighted by Gasteiger charge is 2.26. The van der Waals surface area contributed by atoms with Crippen LogP contribution in [0.2, 0.25) is 0 Å². The van der Waals surface area contributed by atoms with Crippen molar-refractivity contribution in [2.45, 2.75) is 37.6 Å². The minimum absolute atomic E-state index is 0.122. The van der Waals surface area contributed by atoms with Gasteiger partial charge in [-0.3, -0.25) is 4.79 Å². The van der Waals surface area contributed by atoms with E-state index >= 15 is 0 Å². The molecular formula is C15H22N2O. The number of hydrogen-bond donors (Lipinski definition) is 2. The molecule has 3 nitrogen and oxygen atoms in total. The molecule has 1 aliphatic heterocycles. The van der Waals surface area contributed by atoms with Gasteiger partial charge < -0.3 is 10.6 Å². The van der Waals surface area contributed by atoms with Crippen molar-refractivity contribution in [1.29, 1.82) is 0 Å². The lowest BCUT2D eigenvalue weighted by Crippen LogP contribution is -2.40.